The first kappa shape index (κ1) is 25.5. The molecule has 34 heavy (non-hydrogen) atoms. The Morgan fingerprint density at radius 1 is 0.971 bits per heavy atom. The van der Waals surface area contributed by atoms with Crippen LogP contribution in [-0.2, 0) is 23.9 Å². The Bertz CT molecular complexity index is 882. The van der Waals surface area contributed by atoms with Gasteiger partial charge in [0.1, 0.15) is 12.9 Å². The van der Waals surface area contributed by atoms with E-state index >= 15 is 0 Å². The zero-order chi connectivity index (χ0) is 25.1. The van der Waals surface area contributed by atoms with Crippen LogP contribution in [0.2, 0.25) is 5.31 Å². The number of carbonyl (C=O) groups is 3. The van der Waals surface area contributed by atoms with Crippen LogP contribution in [0.15, 0.2) is 12.2 Å². The molecule has 0 aromatic heterocycles. The minimum Gasteiger partial charge on any atom is -0.464 e. The van der Waals surface area contributed by atoms with Crippen molar-refractivity contribution in [3.63, 3.8) is 0 Å². The maximum Gasteiger partial charge on any atom is 0.302 e. The molecule has 4 fully saturated rings. The van der Waals surface area contributed by atoms with E-state index in [4.69, 9.17) is 17.3 Å². The van der Waals surface area contributed by atoms with Gasteiger partial charge in [0, 0.05) is 13.8 Å². The summed E-state index contributed by atoms with van der Waals surface area (Å²) in [6.45, 7) is 14.4. The van der Waals surface area contributed by atoms with Crippen LogP contribution in [0.1, 0.15) is 86.0 Å². The van der Waals surface area contributed by atoms with Gasteiger partial charge in [-0.15, -0.1) is 0 Å². The molecule has 2 radical (unpaired) electrons. The fourth-order valence-electron chi connectivity index (χ4n) is 9.25. The van der Waals surface area contributed by atoms with E-state index in [1.54, 1.807) is 0 Å². The molecule has 0 bridgehead atoms. The zero-order valence-corrected chi connectivity index (χ0v) is 21.7. The highest BCUT2D eigenvalue weighted by Gasteiger charge is 2.65. The van der Waals surface area contributed by atoms with Gasteiger partial charge in [0.25, 0.3) is 0 Å². The van der Waals surface area contributed by atoms with Crippen LogP contribution in [0.5, 0.6) is 0 Å². The third-order valence-corrected chi connectivity index (χ3v) is 10.9. The molecule has 5 unspecified atom stereocenters. The molecule has 0 N–H and O–H groups in total. The number of aldehydes is 1. The highest BCUT2D eigenvalue weighted by molar-refractivity contribution is 6.16. The molecule has 4 rings (SSSR count). The quantitative estimate of drug-likeness (QED) is 0.245. The average molecular weight is 468 g/mol. The van der Waals surface area contributed by atoms with E-state index in [0.717, 1.165) is 56.8 Å². The molecule has 0 saturated heterocycles. The van der Waals surface area contributed by atoms with Crippen molar-refractivity contribution in [1.82, 2.24) is 0 Å². The summed E-state index contributed by atoms with van der Waals surface area (Å²) in [5, 5.41) is -0.538. The summed E-state index contributed by atoms with van der Waals surface area (Å²) in [5.41, 5.74) is 0.456. The van der Waals surface area contributed by atoms with E-state index in [-0.39, 0.29) is 41.4 Å². The third-order valence-electron chi connectivity index (χ3n) is 10.9. The second-order valence-corrected chi connectivity index (χ2v) is 12.6. The van der Waals surface area contributed by atoms with Crippen molar-refractivity contribution in [1.29, 1.82) is 0 Å². The number of fused-ring (bicyclic) bond motifs is 5. The van der Waals surface area contributed by atoms with E-state index in [2.05, 4.69) is 27.4 Å². The van der Waals surface area contributed by atoms with Gasteiger partial charge in [0.15, 0.2) is 0 Å². The lowest BCUT2D eigenvalue weighted by Crippen LogP contribution is -2.62. The number of hydrogen-bond acceptors (Lipinski definition) is 5. The Hall–Kier alpha value is -1.59. The van der Waals surface area contributed by atoms with Gasteiger partial charge in [-0.05, 0) is 91.2 Å². The first-order valence-electron chi connectivity index (χ1n) is 13.1. The van der Waals surface area contributed by atoms with Crippen molar-refractivity contribution < 1.29 is 23.9 Å². The standard InChI is InChI=1S/C28H41BO5/c1-17-20-7-8-22-25(4,21(20)9-14-28(17,15-30)16-33-18(2)31)12-10-23-26(22,5)13-11-24(27(23,6)29)34-19(3)32/h15,20-24H,1,7-14,16H2,2-6H3/t20?,21?,22?,23?,24-,25-,26+,27-,28?/m0/s1. The van der Waals surface area contributed by atoms with Gasteiger partial charge in [-0.2, -0.15) is 0 Å². The zero-order valence-electron chi connectivity index (χ0n) is 21.7. The van der Waals surface area contributed by atoms with E-state index in [9.17, 15) is 14.4 Å². The summed E-state index contributed by atoms with van der Waals surface area (Å²) in [4.78, 5) is 35.5. The molecule has 0 heterocycles. The van der Waals surface area contributed by atoms with E-state index in [0.29, 0.717) is 24.2 Å². The van der Waals surface area contributed by atoms with Crippen LogP contribution >= 0.6 is 0 Å². The fraction of sp³-hybridized carbons (Fsp3) is 0.821. The van der Waals surface area contributed by atoms with Crippen molar-refractivity contribution in [2.24, 2.45) is 39.9 Å². The molecule has 6 heteroatoms. The first-order chi connectivity index (χ1) is 15.8. The van der Waals surface area contributed by atoms with E-state index in [1.807, 2.05) is 0 Å². The molecule has 4 aliphatic rings. The molecule has 186 valence electrons. The highest BCUT2D eigenvalue weighted by atomic mass is 16.5. The molecule has 9 atom stereocenters. The fourth-order valence-corrected chi connectivity index (χ4v) is 9.25. The minimum absolute atomic E-state index is 0.0936. The first-order valence-corrected chi connectivity index (χ1v) is 13.1. The smallest absolute Gasteiger partial charge is 0.302 e. The van der Waals surface area contributed by atoms with Gasteiger partial charge in [-0.3, -0.25) is 9.59 Å². The SMILES string of the molecule is [B][C@@]1(C)C2CC[C@@]3(C)C4CCC(C=O)(COC(C)=O)C(=C)C4CCC3[C@@]2(C)CC[C@@H]1OC(C)=O. The molecule has 0 spiro atoms. The summed E-state index contributed by atoms with van der Waals surface area (Å²) >= 11 is 0. The van der Waals surface area contributed by atoms with Crippen molar-refractivity contribution in [2.75, 3.05) is 6.61 Å². The molecule has 0 aromatic carbocycles. The van der Waals surface area contributed by atoms with Crippen LogP contribution in [0.25, 0.3) is 0 Å². The second-order valence-electron chi connectivity index (χ2n) is 12.6. The number of hydrogen-bond donors (Lipinski definition) is 0. The Morgan fingerprint density at radius 2 is 1.65 bits per heavy atom. The number of esters is 2. The third kappa shape index (κ3) is 3.69. The second kappa shape index (κ2) is 8.52. The van der Waals surface area contributed by atoms with Crippen molar-refractivity contribution in [3.8, 4) is 0 Å². The normalized spacial score (nSPS) is 48.0. The molecule has 0 amide bonds. The summed E-state index contributed by atoms with van der Waals surface area (Å²) in [7, 11) is 6.97. The Balaban J connectivity index is 1.60. The minimum atomic E-state index is -0.755. The van der Waals surface area contributed by atoms with Crippen LogP contribution in [0.3, 0.4) is 0 Å². The lowest BCUT2D eigenvalue weighted by Gasteiger charge is -2.69. The molecule has 0 aliphatic heterocycles. The highest BCUT2D eigenvalue weighted by Crippen LogP contribution is 2.72. The largest absolute Gasteiger partial charge is 0.464 e. The van der Waals surface area contributed by atoms with Crippen molar-refractivity contribution in [2.45, 2.75) is 97.4 Å². The molecule has 4 aliphatic carbocycles. The predicted octanol–water partition coefficient (Wildman–Crippen LogP) is 5.22. The van der Waals surface area contributed by atoms with Gasteiger partial charge >= 0.3 is 11.9 Å². The number of ether oxygens (including phenoxy) is 2. The van der Waals surface area contributed by atoms with Gasteiger partial charge in [-0.25, -0.2) is 0 Å². The molecule has 0 aromatic rings. The van der Waals surface area contributed by atoms with Gasteiger partial charge < -0.3 is 14.3 Å². The van der Waals surface area contributed by atoms with Gasteiger partial charge in [0.2, 0.25) is 0 Å². The number of rotatable bonds is 4. The Morgan fingerprint density at radius 3 is 2.26 bits per heavy atom. The van der Waals surface area contributed by atoms with Crippen LogP contribution in [0, 0.1) is 39.9 Å². The van der Waals surface area contributed by atoms with Gasteiger partial charge in [-0.1, -0.05) is 32.9 Å². The Labute approximate surface area is 206 Å². The molecule has 5 nitrogen and oxygen atoms in total. The average Bonchev–Trinajstić information content (AvgIpc) is 2.75. The lowest BCUT2D eigenvalue weighted by atomic mass is 9.34. The van der Waals surface area contributed by atoms with Crippen LogP contribution < -0.4 is 0 Å². The van der Waals surface area contributed by atoms with E-state index in [1.165, 1.54) is 13.8 Å². The summed E-state index contributed by atoms with van der Waals surface area (Å²) in [6, 6.07) is 0. The summed E-state index contributed by atoms with van der Waals surface area (Å²) in [6.07, 6.45) is 8.43. The Kier molecular flexibility index (Phi) is 6.39. The lowest BCUT2D eigenvalue weighted by molar-refractivity contribution is -0.186. The van der Waals surface area contributed by atoms with Crippen LogP contribution in [0.4, 0.5) is 0 Å². The summed E-state index contributed by atoms with van der Waals surface area (Å²) in [5.74, 6) is 0.977. The van der Waals surface area contributed by atoms with Crippen molar-refractivity contribution >= 4 is 26.1 Å². The van der Waals surface area contributed by atoms with Crippen molar-refractivity contribution in [3.05, 3.63) is 12.2 Å². The maximum atomic E-state index is 12.3. The van der Waals surface area contributed by atoms with Crippen LogP contribution in [-0.4, -0.2) is 38.8 Å². The summed E-state index contributed by atoms with van der Waals surface area (Å²) < 4.78 is 11.0. The molecule has 4 saturated carbocycles. The van der Waals surface area contributed by atoms with E-state index < -0.39 is 10.7 Å². The molecular weight excluding hydrogens is 427 g/mol. The number of carbonyl (C=O) groups excluding carboxylic acids is 3. The predicted molar refractivity (Wildman–Crippen MR) is 131 cm³/mol. The van der Waals surface area contributed by atoms with Gasteiger partial charge in [0.05, 0.1) is 19.4 Å². The topological polar surface area (TPSA) is 69.7 Å². The molecular formula is C28H41BO5. The maximum absolute atomic E-state index is 12.3. The monoisotopic (exact) mass is 468 g/mol.